The molecule has 1 N–H and O–H groups in total. The molecule has 0 aliphatic heterocycles. The number of aryl methyl sites for hydroxylation is 1. The second-order valence-electron chi connectivity index (χ2n) is 4.22. The van der Waals surface area contributed by atoms with E-state index in [-0.39, 0.29) is 17.7 Å². The van der Waals surface area contributed by atoms with Crippen LogP contribution in [0.15, 0.2) is 30.6 Å². The van der Waals surface area contributed by atoms with Gasteiger partial charge in [-0.15, -0.1) is 0 Å². The summed E-state index contributed by atoms with van der Waals surface area (Å²) in [6.45, 7) is 3.57. The van der Waals surface area contributed by atoms with Gasteiger partial charge in [-0.2, -0.15) is 0 Å². The van der Waals surface area contributed by atoms with Gasteiger partial charge >= 0.3 is 0 Å². The summed E-state index contributed by atoms with van der Waals surface area (Å²) < 4.78 is 27.6. The van der Waals surface area contributed by atoms with Gasteiger partial charge in [-0.25, -0.2) is 18.7 Å². The molecule has 1 atom stereocenters. The predicted octanol–water partition coefficient (Wildman–Crippen LogP) is 3.49. The van der Waals surface area contributed by atoms with Gasteiger partial charge in [-0.3, -0.25) is 0 Å². The van der Waals surface area contributed by atoms with E-state index in [1.54, 1.807) is 25.1 Å². The Kier molecular flexibility index (Phi) is 4.04. The highest BCUT2D eigenvalue weighted by atomic mass is 19.1. The molecule has 1 aromatic heterocycles. The van der Waals surface area contributed by atoms with Crippen molar-refractivity contribution in [1.82, 2.24) is 9.97 Å². The maximum Gasteiger partial charge on any atom is 0.186 e. The van der Waals surface area contributed by atoms with Crippen molar-refractivity contribution >= 4 is 5.82 Å². The summed E-state index contributed by atoms with van der Waals surface area (Å²) in [7, 11) is 0. The average Bonchev–Trinajstić information content (AvgIpc) is 2.41. The standard InChI is InChI=1S/C14H15F2N3/c1-3-12-13(16)14(18-8-17-12)19-9(2)10-6-4-5-7-11(10)15/h4-9H,3H2,1-2H3,(H,17,18,19). The van der Waals surface area contributed by atoms with Crippen LogP contribution >= 0.6 is 0 Å². The van der Waals surface area contributed by atoms with Crippen LogP contribution in [0.5, 0.6) is 0 Å². The van der Waals surface area contributed by atoms with E-state index >= 15 is 0 Å². The molecule has 0 aliphatic carbocycles. The summed E-state index contributed by atoms with van der Waals surface area (Å²) in [6, 6.07) is 6.01. The molecule has 5 heteroatoms. The summed E-state index contributed by atoms with van der Waals surface area (Å²) in [5.74, 6) is -0.705. The van der Waals surface area contributed by atoms with E-state index in [0.717, 1.165) is 0 Å². The summed E-state index contributed by atoms with van der Waals surface area (Å²) >= 11 is 0. The van der Waals surface area contributed by atoms with E-state index in [1.807, 2.05) is 6.92 Å². The van der Waals surface area contributed by atoms with Crippen LogP contribution in [-0.4, -0.2) is 9.97 Å². The number of nitrogens with one attached hydrogen (secondary N) is 1. The molecule has 3 nitrogen and oxygen atoms in total. The van der Waals surface area contributed by atoms with Crippen LogP contribution in [0.3, 0.4) is 0 Å². The van der Waals surface area contributed by atoms with Gasteiger partial charge in [0.15, 0.2) is 11.6 Å². The molecule has 19 heavy (non-hydrogen) atoms. The van der Waals surface area contributed by atoms with Gasteiger partial charge in [0.2, 0.25) is 0 Å². The zero-order chi connectivity index (χ0) is 13.8. The Balaban J connectivity index is 2.24. The van der Waals surface area contributed by atoms with Crippen LogP contribution in [0.4, 0.5) is 14.6 Å². The van der Waals surface area contributed by atoms with E-state index in [1.165, 1.54) is 12.4 Å². The molecule has 0 saturated carbocycles. The molecule has 0 aliphatic rings. The summed E-state index contributed by atoms with van der Waals surface area (Å²) in [6.07, 6.45) is 1.79. The molecule has 1 aromatic carbocycles. The lowest BCUT2D eigenvalue weighted by molar-refractivity contribution is 0.584. The average molecular weight is 263 g/mol. The van der Waals surface area contributed by atoms with Gasteiger partial charge in [0, 0.05) is 5.56 Å². The lowest BCUT2D eigenvalue weighted by Crippen LogP contribution is -2.12. The first kappa shape index (κ1) is 13.4. The van der Waals surface area contributed by atoms with E-state index in [2.05, 4.69) is 15.3 Å². The van der Waals surface area contributed by atoms with Crippen molar-refractivity contribution in [2.24, 2.45) is 0 Å². The second kappa shape index (κ2) is 5.73. The number of aromatic nitrogens is 2. The fourth-order valence-corrected chi connectivity index (χ4v) is 1.86. The topological polar surface area (TPSA) is 37.8 Å². The number of benzene rings is 1. The van der Waals surface area contributed by atoms with Gasteiger partial charge in [0.25, 0.3) is 0 Å². The Morgan fingerprint density at radius 2 is 1.95 bits per heavy atom. The Bertz CT molecular complexity index is 572. The van der Waals surface area contributed by atoms with Crippen LogP contribution in [-0.2, 0) is 6.42 Å². The number of anilines is 1. The quantitative estimate of drug-likeness (QED) is 0.917. The van der Waals surface area contributed by atoms with Crippen LogP contribution in [0.2, 0.25) is 0 Å². The maximum atomic E-state index is 14.0. The molecule has 2 rings (SSSR count). The molecular formula is C14H15F2N3. The van der Waals surface area contributed by atoms with Crippen LogP contribution in [0.25, 0.3) is 0 Å². The molecule has 0 spiro atoms. The van der Waals surface area contributed by atoms with E-state index in [0.29, 0.717) is 17.7 Å². The van der Waals surface area contributed by atoms with Crippen LogP contribution in [0, 0.1) is 11.6 Å². The highest BCUT2D eigenvalue weighted by Gasteiger charge is 2.15. The number of rotatable bonds is 4. The monoisotopic (exact) mass is 263 g/mol. The molecule has 2 aromatic rings. The minimum absolute atomic E-state index is 0.0996. The van der Waals surface area contributed by atoms with Gasteiger partial charge in [-0.1, -0.05) is 25.1 Å². The molecule has 0 saturated heterocycles. The highest BCUT2D eigenvalue weighted by Crippen LogP contribution is 2.22. The number of halogens is 2. The van der Waals surface area contributed by atoms with Crippen molar-refractivity contribution in [3.05, 3.63) is 53.5 Å². The summed E-state index contributed by atoms with van der Waals surface area (Å²) in [4.78, 5) is 7.72. The fraction of sp³-hybridized carbons (Fsp3) is 0.286. The minimum atomic E-state index is -0.479. The maximum absolute atomic E-state index is 14.0. The van der Waals surface area contributed by atoms with Crippen molar-refractivity contribution in [2.45, 2.75) is 26.3 Å². The Morgan fingerprint density at radius 3 is 2.63 bits per heavy atom. The van der Waals surface area contributed by atoms with Crippen molar-refractivity contribution in [3.8, 4) is 0 Å². The summed E-state index contributed by atoms with van der Waals surface area (Å²) in [5, 5.41) is 2.88. The zero-order valence-corrected chi connectivity index (χ0v) is 10.8. The molecule has 0 radical (unpaired) electrons. The molecule has 1 heterocycles. The Labute approximate surface area is 110 Å². The second-order valence-corrected chi connectivity index (χ2v) is 4.22. The third kappa shape index (κ3) is 2.86. The smallest absolute Gasteiger partial charge is 0.186 e. The van der Waals surface area contributed by atoms with Gasteiger partial charge < -0.3 is 5.32 Å². The largest absolute Gasteiger partial charge is 0.361 e. The first-order valence-corrected chi connectivity index (χ1v) is 6.13. The van der Waals surface area contributed by atoms with E-state index < -0.39 is 5.82 Å². The van der Waals surface area contributed by atoms with Crippen molar-refractivity contribution in [2.75, 3.05) is 5.32 Å². The van der Waals surface area contributed by atoms with Gasteiger partial charge in [-0.05, 0) is 19.4 Å². The fourth-order valence-electron chi connectivity index (χ4n) is 1.86. The first-order valence-electron chi connectivity index (χ1n) is 6.13. The van der Waals surface area contributed by atoms with Gasteiger partial charge in [0.1, 0.15) is 12.1 Å². The van der Waals surface area contributed by atoms with Crippen LogP contribution in [0.1, 0.15) is 31.1 Å². The van der Waals surface area contributed by atoms with Gasteiger partial charge in [0.05, 0.1) is 11.7 Å². The highest BCUT2D eigenvalue weighted by molar-refractivity contribution is 5.40. The lowest BCUT2D eigenvalue weighted by Gasteiger charge is -2.16. The van der Waals surface area contributed by atoms with Crippen molar-refractivity contribution in [3.63, 3.8) is 0 Å². The summed E-state index contributed by atoms with van der Waals surface area (Å²) in [5.41, 5.74) is 0.816. The lowest BCUT2D eigenvalue weighted by atomic mass is 10.1. The number of hydrogen-bond acceptors (Lipinski definition) is 3. The predicted molar refractivity (Wildman–Crippen MR) is 69.8 cm³/mol. The molecular weight excluding hydrogens is 248 g/mol. The molecule has 0 fully saturated rings. The molecule has 100 valence electrons. The first-order chi connectivity index (χ1) is 9.13. The Morgan fingerprint density at radius 1 is 1.21 bits per heavy atom. The zero-order valence-electron chi connectivity index (χ0n) is 10.8. The van der Waals surface area contributed by atoms with Crippen LogP contribution < -0.4 is 5.32 Å². The van der Waals surface area contributed by atoms with E-state index in [4.69, 9.17) is 0 Å². The van der Waals surface area contributed by atoms with Crippen molar-refractivity contribution in [1.29, 1.82) is 0 Å². The number of nitrogens with zero attached hydrogens (tertiary/aromatic N) is 2. The Hall–Kier alpha value is -2.04. The number of hydrogen-bond donors (Lipinski definition) is 1. The normalized spacial score (nSPS) is 12.2. The SMILES string of the molecule is CCc1ncnc(NC(C)c2ccccc2F)c1F. The minimum Gasteiger partial charge on any atom is -0.361 e. The van der Waals surface area contributed by atoms with Crippen molar-refractivity contribution < 1.29 is 8.78 Å². The third-order valence-corrected chi connectivity index (χ3v) is 2.92. The third-order valence-electron chi connectivity index (χ3n) is 2.92. The molecule has 1 unspecified atom stereocenters. The van der Waals surface area contributed by atoms with E-state index in [9.17, 15) is 8.78 Å². The molecule has 0 bridgehead atoms. The molecule has 0 amide bonds.